The fourth-order valence-electron chi connectivity index (χ4n) is 2.03. The Kier molecular flexibility index (Phi) is 6.74. The molecule has 16 heavy (non-hydrogen) atoms. The van der Waals surface area contributed by atoms with Crippen LogP contribution in [0.5, 0.6) is 0 Å². The van der Waals surface area contributed by atoms with E-state index in [1.165, 1.54) is 24.0 Å². The molecule has 1 aliphatic carbocycles. The van der Waals surface area contributed by atoms with E-state index in [4.69, 9.17) is 11.6 Å². The Bertz CT molecular complexity index is 313. The van der Waals surface area contributed by atoms with Gasteiger partial charge in [-0.25, -0.2) is 0 Å². The highest BCUT2D eigenvalue weighted by Gasteiger charge is 2.27. The normalized spacial score (nSPS) is 15.2. The molecule has 1 heteroatoms. The highest BCUT2D eigenvalue weighted by Crippen LogP contribution is 2.36. The van der Waals surface area contributed by atoms with Crippen LogP contribution in [-0.2, 0) is 12.8 Å². The van der Waals surface area contributed by atoms with Crippen LogP contribution in [-0.4, -0.2) is 0 Å². The third-order valence-corrected chi connectivity index (χ3v) is 2.74. The number of hydrogen-bond acceptors (Lipinski definition) is 0. The summed E-state index contributed by atoms with van der Waals surface area (Å²) >= 11 is 5.92. The van der Waals surface area contributed by atoms with Crippen molar-refractivity contribution in [1.82, 2.24) is 0 Å². The molecule has 0 radical (unpaired) electrons. The molecule has 0 saturated carbocycles. The van der Waals surface area contributed by atoms with E-state index in [0.717, 1.165) is 5.02 Å². The quantitative estimate of drug-likeness (QED) is 0.560. The number of hydrogen-bond donors (Lipinski definition) is 0. The van der Waals surface area contributed by atoms with Crippen LogP contribution in [0.1, 0.15) is 52.7 Å². The van der Waals surface area contributed by atoms with Crippen molar-refractivity contribution < 1.29 is 0 Å². The minimum atomic E-state index is 0.438. The Morgan fingerprint density at radius 1 is 0.938 bits per heavy atom. The number of rotatable bonds is 0. The van der Waals surface area contributed by atoms with Crippen molar-refractivity contribution in [1.29, 1.82) is 0 Å². The molecule has 1 aliphatic rings. The monoisotopic (exact) mass is 240 g/mol. The maximum Gasteiger partial charge on any atom is 0.0408 e. The summed E-state index contributed by atoms with van der Waals surface area (Å²) in [6.07, 6.45) is 2.36. The van der Waals surface area contributed by atoms with E-state index in [0.29, 0.717) is 5.41 Å². The van der Waals surface area contributed by atoms with Gasteiger partial charge in [0.05, 0.1) is 0 Å². The lowest BCUT2D eigenvalue weighted by molar-refractivity contribution is 0.392. The van der Waals surface area contributed by atoms with E-state index in [1.807, 2.05) is 33.8 Å². The molecule has 1 aromatic carbocycles. The summed E-state index contributed by atoms with van der Waals surface area (Å²) < 4.78 is 0. The summed E-state index contributed by atoms with van der Waals surface area (Å²) in [4.78, 5) is 0. The maximum atomic E-state index is 5.92. The van der Waals surface area contributed by atoms with Crippen molar-refractivity contribution in [3.05, 3.63) is 34.3 Å². The molecule has 92 valence electrons. The Hall–Kier alpha value is -0.490. The van der Waals surface area contributed by atoms with Gasteiger partial charge in [-0.3, -0.25) is 0 Å². The molecule has 0 aromatic heterocycles. The van der Waals surface area contributed by atoms with Crippen LogP contribution >= 0.6 is 11.6 Å². The summed E-state index contributed by atoms with van der Waals surface area (Å²) in [7, 11) is 0. The average molecular weight is 241 g/mol. The van der Waals surface area contributed by atoms with Crippen molar-refractivity contribution in [2.45, 2.75) is 54.4 Å². The third-order valence-electron chi connectivity index (χ3n) is 2.51. The fraction of sp³-hybridized carbons (Fsp3) is 0.600. The second-order valence-corrected chi connectivity index (χ2v) is 4.87. The minimum Gasteiger partial charge on any atom is -0.0843 e. The van der Waals surface area contributed by atoms with Crippen molar-refractivity contribution in [3.8, 4) is 0 Å². The first-order valence-corrected chi connectivity index (χ1v) is 6.72. The predicted molar refractivity (Wildman–Crippen MR) is 75.3 cm³/mol. The standard InChI is InChI=1S/C11H13Cl.2C2H6/c1-11(2)6-8-3-4-10(12)5-9(8)7-11;2*1-2/h3-5H,6-7H2,1-2H3;2*1-2H3. The van der Waals surface area contributed by atoms with E-state index < -0.39 is 0 Å². The van der Waals surface area contributed by atoms with Crippen LogP contribution in [0.15, 0.2) is 18.2 Å². The van der Waals surface area contributed by atoms with Gasteiger partial charge < -0.3 is 0 Å². The van der Waals surface area contributed by atoms with Crippen molar-refractivity contribution in [2.24, 2.45) is 5.41 Å². The first kappa shape index (κ1) is 15.5. The van der Waals surface area contributed by atoms with Gasteiger partial charge in [-0.05, 0) is 41.5 Å². The molecule has 0 heterocycles. The van der Waals surface area contributed by atoms with E-state index in [1.54, 1.807) is 0 Å². The molecular weight excluding hydrogens is 216 g/mol. The molecule has 1 aromatic rings. The number of halogens is 1. The zero-order valence-electron chi connectivity index (χ0n) is 11.5. The lowest BCUT2D eigenvalue weighted by Crippen LogP contribution is -2.09. The largest absolute Gasteiger partial charge is 0.0843 e. The predicted octanol–water partition coefficient (Wildman–Crippen LogP) is 5.52. The SMILES string of the molecule is CC.CC.CC1(C)Cc2ccc(Cl)cc2C1. The van der Waals surface area contributed by atoms with E-state index in [-0.39, 0.29) is 0 Å². The summed E-state index contributed by atoms with van der Waals surface area (Å²) in [6.45, 7) is 12.6. The van der Waals surface area contributed by atoms with Crippen LogP contribution in [0.25, 0.3) is 0 Å². The topological polar surface area (TPSA) is 0 Å². The summed E-state index contributed by atoms with van der Waals surface area (Å²) in [5.74, 6) is 0. The van der Waals surface area contributed by atoms with Crippen LogP contribution < -0.4 is 0 Å². The summed E-state index contributed by atoms with van der Waals surface area (Å²) in [5, 5.41) is 0.867. The van der Waals surface area contributed by atoms with Gasteiger partial charge in [0.1, 0.15) is 0 Å². The fourth-order valence-corrected chi connectivity index (χ4v) is 2.22. The molecule has 0 unspecified atom stereocenters. The molecule has 0 amide bonds. The van der Waals surface area contributed by atoms with Crippen molar-refractivity contribution in [3.63, 3.8) is 0 Å². The number of benzene rings is 1. The molecule has 0 bridgehead atoms. The van der Waals surface area contributed by atoms with Gasteiger partial charge in [0.2, 0.25) is 0 Å². The number of fused-ring (bicyclic) bond motifs is 1. The highest BCUT2D eigenvalue weighted by atomic mass is 35.5. The van der Waals surface area contributed by atoms with Crippen LogP contribution in [0.4, 0.5) is 0 Å². The molecule has 0 nitrogen and oxygen atoms in total. The molecule has 0 fully saturated rings. The smallest absolute Gasteiger partial charge is 0.0408 e. The second-order valence-electron chi connectivity index (χ2n) is 4.43. The van der Waals surface area contributed by atoms with E-state index >= 15 is 0 Å². The van der Waals surface area contributed by atoms with Crippen LogP contribution in [0, 0.1) is 5.41 Å². The first-order valence-electron chi connectivity index (χ1n) is 6.34. The Morgan fingerprint density at radius 3 is 2.00 bits per heavy atom. The molecule has 0 N–H and O–H groups in total. The zero-order valence-corrected chi connectivity index (χ0v) is 12.3. The Labute approximate surface area is 106 Å². The lowest BCUT2D eigenvalue weighted by atomic mass is 9.90. The molecule has 0 saturated heterocycles. The molecule has 0 spiro atoms. The van der Waals surface area contributed by atoms with Crippen molar-refractivity contribution >= 4 is 11.6 Å². The molecular formula is C15H25Cl. The zero-order chi connectivity index (χ0) is 12.8. The summed E-state index contributed by atoms with van der Waals surface area (Å²) in [6, 6.07) is 6.25. The van der Waals surface area contributed by atoms with Gasteiger partial charge in [-0.2, -0.15) is 0 Å². The van der Waals surface area contributed by atoms with Gasteiger partial charge in [-0.15, -0.1) is 0 Å². The third kappa shape index (κ3) is 4.17. The van der Waals surface area contributed by atoms with Gasteiger partial charge >= 0.3 is 0 Å². The average Bonchev–Trinajstić information content (AvgIpc) is 2.57. The van der Waals surface area contributed by atoms with Crippen LogP contribution in [0.2, 0.25) is 5.02 Å². The second kappa shape index (κ2) is 6.96. The van der Waals surface area contributed by atoms with Crippen molar-refractivity contribution in [2.75, 3.05) is 0 Å². The van der Waals surface area contributed by atoms with Gasteiger partial charge in [-0.1, -0.05) is 59.2 Å². The van der Waals surface area contributed by atoms with Gasteiger partial charge in [0.15, 0.2) is 0 Å². The van der Waals surface area contributed by atoms with E-state index in [2.05, 4.69) is 26.0 Å². The molecule has 0 atom stereocenters. The maximum absolute atomic E-state index is 5.92. The Morgan fingerprint density at radius 2 is 1.44 bits per heavy atom. The van der Waals surface area contributed by atoms with Gasteiger partial charge in [0.25, 0.3) is 0 Å². The molecule has 0 aliphatic heterocycles. The highest BCUT2D eigenvalue weighted by molar-refractivity contribution is 6.30. The first-order chi connectivity index (χ1) is 7.57. The lowest BCUT2D eigenvalue weighted by Gasteiger charge is -2.14. The summed E-state index contributed by atoms with van der Waals surface area (Å²) in [5.41, 5.74) is 3.35. The Balaban J connectivity index is 0.000000509. The van der Waals surface area contributed by atoms with Gasteiger partial charge in [0, 0.05) is 5.02 Å². The van der Waals surface area contributed by atoms with E-state index in [9.17, 15) is 0 Å². The minimum absolute atomic E-state index is 0.438. The van der Waals surface area contributed by atoms with Crippen LogP contribution in [0.3, 0.4) is 0 Å². The molecule has 2 rings (SSSR count).